The number of hydrogen-bond donors (Lipinski definition) is 2. The predicted octanol–water partition coefficient (Wildman–Crippen LogP) is 3.69. The van der Waals surface area contributed by atoms with Crippen molar-refractivity contribution in [1.82, 2.24) is 10.3 Å². The second kappa shape index (κ2) is 9.59. The molecule has 1 heterocycles. The number of carbonyl (C=O) groups is 2. The molecule has 2 N–H and O–H groups in total. The summed E-state index contributed by atoms with van der Waals surface area (Å²) in [6.07, 6.45) is 3.83. The standard InChI is InChI=1S/C23H22FN3O2/c1-16(22(28)27-21-10-6-5-9-20(21)24)26-23(29)19(18-7-3-2-4-8-18)15-17-11-13-25-14-12-17/h2-14,16,19H,15H2,1H3,(H,26,29)(H,27,28). The van der Waals surface area contributed by atoms with Crippen LogP contribution in [-0.4, -0.2) is 22.8 Å². The fraction of sp³-hybridized carbons (Fsp3) is 0.174. The number of carbonyl (C=O) groups excluding carboxylic acids is 2. The summed E-state index contributed by atoms with van der Waals surface area (Å²) in [6.45, 7) is 1.57. The van der Waals surface area contributed by atoms with Crippen LogP contribution in [0.1, 0.15) is 24.0 Å². The highest BCUT2D eigenvalue weighted by Gasteiger charge is 2.25. The number of nitrogens with zero attached hydrogens (tertiary/aromatic N) is 1. The van der Waals surface area contributed by atoms with Crippen LogP contribution in [0.2, 0.25) is 0 Å². The van der Waals surface area contributed by atoms with Gasteiger partial charge in [0.1, 0.15) is 11.9 Å². The van der Waals surface area contributed by atoms with Gasteiger partial charge in [0, 0.05) is 12.4 Å². The molecule has 0 aliphatic rings. The summed E-state index contributed by atoms with van der Waals surface area (Å²) in [5.41, 5.74) is 1.89. The Morgan fingerprint density at radius 2 is 1.59 bits per heavy atom. The lowest BCUT2D eigenvalue weighted by atomic mass is 9.91. The molecule has 0 spiro atoms. The molecule has 0 saturated heterocycles. The molecule has 3 aromatic rings. The van der Waals surface area contributed by atoms with E-state index in [-0.39, 0.29) is 11.6 Å². The second-order valence-corrected chi connectivity index (χ2v) is 6.72. The van der Waals surface area contributed by atoms with E-state index in [1.165, 1.54) is 12.1 Å². The number of para-hydroxylation sites is 1. The molecule has 0 bridgehead atoms. The summed E-state index contributed by atoms with van der Waals surface area (Å²) in [6, 6.07) is 18.2. The minimum atomic E-state index is -0.828. The van der Waals surface area contributed by atoms with E-state index in [1.54, 1.807) is 31.5 Å². The first kappa shape index (κ1) is 20.2. The maximum absolute atomic E-state index is 13.8. The molecule has 0 saturated carbocycles. The van der Waals surface area contributed by atoms with Crippen LogP contribution in [0.5, 0.6) is 0 Å². The average Bonchev–Trinajstić information content (AvgIpc) is 2.75. The fourth-order valence-corrected chi connectivity index (χ4v) is 2.98. The molecule has 148 valence electrons. The van der Waals surface area contributed by atoms with E-state index in [2.05, 4.69) is 15.6 Å². The number of benzene rings is 2. The van der Waals surface area contributed by atoms with Gasteiger partial charge in [0.25, 0.3) is 0 Å². The number of pyridine rings is 1. The van der Waals surface area contributed by atoms with E-state index in [0.717, 1.165) is 11.1 Å². The molecule has 1 aromatic heterocycles. The van der Waals surface area contributed by atoms with Crippen LogP contribution in [-0.2, 0) is 16.0 Å². The van der Waals surface area contributed by atoms with Crippen LogP contribution in [0, 0.1) is 5.82 Å². The summed E-state index contributed by atoms with van der Waals surface area (Å²) in [7, 11) is 0. The highest BCUT2D eigenvalue weighted by atomic mass is 19.1. The maximum atomic E-state index is 13.8. The van der Waals surface area contributed by atoms with E-state index in [4.69, 9.17) is 0 Å². The van der Waals surface area contributed by atoms with Crippen LogP contribution >= 0.6 is 0 Å². The normalized spacial score (nSPS) is 12.6. The molecule has 29 heavy (non-hydrogen) atoms. The van der Waals surface area contributed by atoms with Crippen molar-refractivity contribution in [3.05, 3.63) is 96.1 Å². The van der Waals surface area contributed by atoms with Gasteiger partial charge in [0.15, 0.2) is 0 Å². The summed E-state index contributed by atoms with van der Waals surface area (Å²) in [5.74, 6) is -1.76. The number of halogens is 1. The van der Waals surface area contributed by atoms with Crippen molar-refractivity contribution in [2.45, 2.75) is 25.3 Å². The lowest BCUT2D eigenvalue weighted by Crippen LogP contribution is -2.44. The second-order valence-electron chi connectivity index (χ2n) is 6.72. The fourth-order valence-electron chi connectivity index (χ4n) is 2.98. The lowest BCUT2D eigenvalue weighted by molar-refractivity contribution is -0.127. The Kier molecular flexibility index (Phi) is 6.68. The van der Waals surface area contributed by atoms with Crippen LogP contribution in [0.3, 0.4) is 0 Å². The largest absolute Gasteiger partial charge is 0.344 e. The third-order valence-electron chi connectivity index (χ3n) is 4.59. The molecule has 0 radical (unpaired) electrons. The highest BCUT2D eigenvalue weighted by Crippen LogP contribution is 2.21. The van der Waals surface area contributed by atoms with Gasteiger partial charge in [-0.1, -0.05) is 42.5 Å². The van der Waals surface area contributed by atoms with E-state index in [1.807, 2.05) is 42.5 Å². The topological polar surface area (TPSA) is 71.1 Å². The molecule has 3 rings (SSSR count). The van der Waals surface area contributed by atoms with Gasteiger partial charge in [-0.2, -0.15) is 0 Å². The van der Waals surface area contributed by atoms with E-state index >= 15 is 0 Å². The lowest BCUT2D eigenvalue weighted by Gasteiger charge is -2.21. The summed E-state index contributed by atoms with van der Waals surface area (Å²) in [5, 5.41) is 5.26. The summed E-state index contributed by atoms with van der Waals surface area (Å²) >= 11 is 0. The molecule has 5 nitrogen and oxygen atoms in total. The number of rotatable bonds is 7. The molecular formula is C23H22FN3O2. The van der Waals surface area contributed by atoms with Crippen molar-refractivity contribution in [3.63, 3.8) is 0 Å². The first-order chi connectivity index (χ1) is 14.0. The molecule has 2 atom stereocenters. The molecule has 2 aromatic carbocycles. The van der Waals surface area contributed by atoms with Crippen LogP contribution in [0.4, 0.5) is 10.1 Å². The van der Waals surface area contributed by atoms with Crippen LogP contribution in [0.25, 0.3) is 0 Å². The maximum Gasteiger partial charge on any atom is 0.246 e. The SMILES string of the molecule is CC(NC(=O)C(Cc1ccncc1)c1ccccc1)C(=O)Nc1ccccc1F. The summed E-state index contributed by atoms with van der Waals surface area (Å²) in [4.78, 5) is 29.4. The van der Waals surface area contributed by atoms with Crippen molar-refractivity contribution >= 4 is 17.5 Å². The third kappa shape index (κ3) is 5.48. The highest BCUT2D eigenvalue weighted by molar-refractivity contribution is 5.97. The van der Waals surface area contributed by atoms with Gasteiger partial charge in [-0.15, -0.1) is 0 Å². The average molecular weight is 391 g/mol. The molecule has 0 aliphatic carbocycles. The first-order valence-corrected chi connectivity index (χ1v) is 9.34. The molecule has 6 heteroatoms. The molecule has 2 amide bonds. The predicted molar refractivity (Wildman–Crippen MR) is 110 cm³/mol. The number of anilines is 1. The number of hydrogen-bond acceptors (Lipinski definition) is 3. The monoisotopic (exact) mass is 391 g/mol. The minimum absolute atomic E-state index is 0.0787. The van der Waals surface area contributed by atoms with E-state index in [0.29, 0.717) is 6.42 Å². The Balaban J connectivity index is 1.72. The van der Waals surface area contributed by atoms with Crippen molar-refractivity contribution < 1.29 is 14.0 Å². The number of nitrogens with one attached hydrogen (secondary N) is 2. The van der Waals surface area contributed by atoms with Crippen LogP contribution < -0.4 is 10.6 Å². The van der Waals surface area contributed by atoms with Crippen LogP contribution in [0.15, 0.2) is 79.1 Å². The van der Waals surface area contributed by atoms with Gasteiger partial charge in [0.05, 0.1) is 11.6 Å². The summed E-state index contributed by atoms with van der Waals surface area (Å²) < 4.78 is 13.8. The number of amides is 2. The van der Waals surface area contributed by atoms with Crippen molar-refractivity contribution in [2.24, 2.45) is 0 Å². The minimum Gasteiger partial charge on any atom is -0.344 e. The molecule has 2 unspecified atom stereocenters. The van der Waals surface area contributed by atoms with Crippen molar-refractivity contribution in [1.29, 1.82) is 0 Å². The zero-order valence-corrected chi connectivity index (χ0v) is 16.0. The van der Waals surface area contributed by atoms with Gasteiger partial charge >= 0.3 is 0 Å². The first-order valence-electron chi connectivity index (χ1n) is 9.34. The Morgan fingerprint density at radius 1 is 0.931 bits per heavy atom. The Morgan fingerprint density at radius 3 is 2.28 bits per heavy atom. The van der Waals surface area contributed by atoms with Gasteiger partial charge in [-0.3, -0.25) is 14.6 Å². The Bertz CT molecular complexity index is 964. The van der Waals surface area contributed by atoms with E-state index < -0.39 is 23.7 Å². The van der Waals surface area contributed by atoms with Crippen molar-refractivity contribution in [3.8, 4) is 0 Å². The van der Waals surface area contributed by atoms with E-state index in [9.17, 15) is 14.0 Å². The zero-order valence-electron chi connectivity index (χ0n) is 16.0. The molecule has 0 fully saturated rings. The Labute approximate surface area is 169 Å². The smallest absolute Gasteiger partial charge is 0.246 e. The van der Waals surface area contributed by atoms with Gasteiger partial charge in [0.2, 0.25) is 11.8 Å². The molecular weight excluding hydrogens is 369 g/mol. The Hall–Kier alpha value is -3.54. The van der Waals surface area contributed by atoms with Gasteiger partial charge in [-0.25, -0.2) is 4.39 Å². The third-order valence-corrected chi connectivity index (χ3v) is 4.59. The quantitative estimate of drug-likeness (QED) is 0.645. The van der Waals surface area contributed by atoms with Gasteiger partial charge < -0.3 is 10.6 Å². The number of aromatic nitrogens is 1. The van der Waals surface area contributed by atoms with Crippen molar-refractivity contribution in [2.75, 3.05) is 5.32 Å². The zero-order chi connectivity index (χ0) is 20.6. The molecule has 0 aliphatic heterocycles. The van der Waals surface area contributed by atoms with Gasteiger partial charge in [-0.05, 0) is 48.7 Å².